The molecule has 1 aliphatic rings. The summed E-state index contributed by atoms with van der Waals surface area (Å²) in [5, 5.41) is 14.3. The predicted octanol–water partition coefficient (Wildman–Crippen LogP) is 0.977. The Morgan fingerprint density at radius 3 is 2.96 bits per heavy atom. The maximum atomic E-state index is 12.6. The maximum Gasteiger partial charge on any atom is 0.274 e. The van der Waals surface area contributed by atoms with Gasteiger partial charge in [0, 0.05) is 25.2 Å². The lowest BCUT2D eigenvalue weighted by Crippen LogP contribution is -2.40. The SMILES string of the molecule is Cc1cn2nc(C(=O)N3CCOCC3)cc2c(Nc2ccn[nH]2)n1. The average molecular weight is 327 g/mol. The standard InChI is InChI=1S/C15H17N7O2/c1-10-9-22-12(14(17-10)18-13-2-3-16-19-13)8-11(20-22)15(23)21-4-6-24-7-5-21/h2-3,8-9H,4-7H2,1H3,(H2,16,17,18,19). The third-order valence-corrected chi connectivity index (χ3v) is 3.85. The number of anilines is 2. The van der Waals surface area contributed by atoms with Gasteiger partial charge in [-0.3, -0.25) is 9.89 Å². The van der Waals surface area contributed by atoms with Gasteiger partial charge in [-0.15, -0.1) is 0 Å². The first kappa shape index (κ1) is 14.6. The molecule has 0 saturated carbocycles. The Bertz CT molecular complexity index is 865. The minimum absolute atomic E-state index is 0.0906. The van der Waals surface area contributed by atoms with Crippen LogP contribution in [0.2, 0.25) is 0 Å². The third kappa shape index (κ3) is 2.69. The smallest absolute Gasteiger partial charge is 0.274 e. The van der Waals surface area contributed by atoms with Gasteiger partial charge in [-0.05, 0) is 6.92 Å². The zero-order valence-electron chi connectivity index (χ0n) is 13.2. The molecular formula is C15H17N7O2. The van der Waals surface area contributed by atoms with Gasteiger partial charge >= 0.3 is 0 Å². The van der Waals surface area contributed by atoms with Crippen LogP contribution >= 0.6 is 0 Å². The Hall–Kier alpha value is -2.94. The summed E-state index contributed by atoms with van der Waals surface area (Å²) < 4.78 is 6.96. The average Bonchev–Trinajstić information content (AvgIpc) is 3.24. The summed E-state index contributed by atoms with van der Waals surface area (Å²) in [5.41, 5.74) is 1.92. The highest BCUT2D eigenvalue weighted by atomic mass is 16.5. The van der Waals surface area contributed by atoms with Crippen molar-refractivity contribution in [1.82, 2.24) is 29.7 Å². The van der Waals surface area contributed by atoms with Crippen LogP contribution in [0.1, 0.15) is 16.2 Å². The molecule has 0 aliphatic carbocycles. The topological polar surface area (TPSA) is 100 Å². The van der Waals surface area contributed by atoms with E-state index in [1.807, 2.05) is 6.92 Å². The number of aryl methyl sites for hydroxylation is 1. The van der Waals surface area contributed by atoms with Crippen molar-refractivity contribution in [1.29, 1.82) is 0 Å². The Balaban J connectivity index is 1.70. The Kier molecular flexibility index (Phi) is 3.62. The first-order valence-electron chi connectivity index (χ1n) is 7.71. The molecule has 9 heteroatoms. The molecule has 0 bridgehead atoms. The number of carbonyl (C=O) groups excluding carboxylic acids is 1. The zero-order valence-corrected chi connectivity index (χ0v) is 13.2. The van der Waals surface area contributed by atoms with Crippen LogP contribution in [0.25, 0.3) is 5.52 Å². The number of hydrogen-bond acceptors (Lipinski definition) is 6. The van der Waals surface area contributed by atoms with Gasteiger partial charge in [-0.25, -0.2) is 9.50 Å². The van der Waals surface area contributed by atoms with Gasteiger partial charge in [-0.2, -0.15) is 10.2 Å². The minimum Gasteiger partial charge on any atom is -0.378 e. The number of H-pyrrole nitrogens is 1. The number of rotatable bonds is 3. The van der Waals surface area contributed by atoms with Gasteiger partial charge in [0.05, 0.1) is 31.3 Å². The van der Waals surface area contributed by atoms with Crippen LogP contribution < -0.4 is 5.32 Å². The van der Waals surface area contributed by atoms with Crippen molar-refractivity contribution in [2.45, 2.75) is 6.92 Å². The number of morpholine rings is 1. The molecule has 3 aromatic rings. The zero-order chi connectivity index (χ0) is 16.5. The number of carbonyl (C=O) groups is 1. The molecule has 3 aromatic heterocycles. The monoisotopic (exact) mass is 327 g/mol. The highest BCUT2D eigenvalue weighted by Gasteiger charge is 2.22. The van der Waals surface area contributed by atoms with Gasteiger partial charge < -0.3 is 15.0 Å². The van der Waals surface area contributed by atoms with E-state index in [1.54, 1.807) is 33.9 Å². The van der Waals surface area contributed by atoms with Gasteiger partial charge in [0.2, 0.25) is 0 Å². The number of aromatic nitrogens is 5. The van der Waals surface area contributed by atoms with Crippen molar-refractivity contribution in [3.63, 3.8) is 0 Å². The second-order valence-corrected chi connectivity index (χ2v) is 5.59. The normalized spacial score (nSPS) is 15.0. The van der Waals surface area contributed by atoms with E-state index in [-0.39, 0.29) is 5.91 Å². The highest BCUT2D eigenvalue weighted by molar-refractivity contribution is 5.94. The van der Waals surface area contributed by atoms with Crippen molar-refractivity contribution in [2.24, 2.45) is 0 Å². The lowest BCUT2D eigenvalue weighted by Gasteiger charge is -2.25. The first-order chi connectivity index (χ1) is 11.7. The number of aromatic amines is 1. The molecule has 4 heterocycles. The van der Waals surface area contributed by atoms with Crippen molar-refractivity contribution in [2.75, 3.05) is 31.6 Å². The molecular weight excluding hydrogens is 310 g/mol. The number of fused-ring (bicyclic) bond motifs is 1. The van der Waals surface area contributed by atoms with E-state index in [0.717, 1.165) is 17.0 Å². The van der Waals surface area contributed by atoms with E-state index in [9.17, 15) is 4.79 Å². The number of amides is 1. The van der Waals surface area contributed by atoms with Crippen LogP contribution in [0, 0.1) is 6.92 Å². The summed E-state index contributed by atoms with van der Waals surface area (Å²) in [6.07, 6.45) is 3.45. The summed E-state index contributed by atoms with van der Waals surface area (Å²) in [6.45, 7) is 4.17. The van der Waals surface area contributed by atoms with Crippen molar-refractivity contribution in [3.8, 4) is 0 Å². The van der Waals surface area contributed by atoms with Crippen LogP contribution in [0.4, 0.5) is 11.6 Å². The van der Waals surface area contributed by atoms with Crippen LogP contribution in [0.15, 0.2) is 24.5 Å². The summed E-state index contributed by atoms with van der Waals surface area (Å²) in [7, 11) is 0. The van der Waals surface area contributed by atoms with E-state index in [1.165, 1.54) is 0 Å². The number of hydrogen-bond donors (Lipinski definition) is 2. The van der Waals surface area contributed by atoms with E-state index in [2.05, 4.69) is 25.6 Å². The number of nitrogens with zero attached hydrogens (tertiary/aromatic N) is 5. The lowest BCUT2D eigenvalue weighted by molar-refractivity contribution is 0.0299. The largest absolute Gasteiger partial charge is 0.378 e. The second-order valence-electron chi connectivity index (χ2n) is 5.59. The molecule has 0 unspecified atom stereocenters. The van der Waals surface area contributed by atoms with Crippen LogP contribution in [0.3, 0.4) is 0 Å². The first-order valence-corrected chi connectivity index (χ1v) is 7.71. The van der Waals surface area contributed by atoms with Gasteiger partial charge in [0.25, 0.3) is 5.91 Å². The molecule has 1 saturated heterocycles. The molecule has 0 spiro atoms. The van der Waals surface area contributed by atoms with E-state index >= 15 is 0 Å². The minimum atomic E-state index is -0.0906. The van der Waals surface area contributed by atoms with Crippen molar-refractivity contribution >= 4 is 23.1 Å². The van der Waals surface area contributed by atoms with Crippen molar-refractivity contribution < 1.29 is 9.53 Å². The fraction of sp³-hybridized carbons (Fsp3) is 0.333. The summed E-state index contributed by atoms with van der Waals surface area (Å²) in [5.74, 6) is 1.25. The quantitative estimate of drug-likeness (QED) is 0.744. The maximum absolute atomic E-state index is 12.6. The molecule has 0 aromatic carbocycles. The summed E-state index contributed by atoms with van der Waals surface area (Å²) in [4.78, 5) is 18.9. The van der Waals surface area contributed by atoms with Crippen LogP contribution in [-0.4, -0.2) is 61.9 Å². The Morgan fingerprint density at radius 2 is 2.21 bits per heavy atom. The predicted molar refractivity (Wildman–Crippen MR) is 86.3 cm³/mol. The Labute approximate surface area is 137 Å². The number of ether oxygens (including phenoxy) is 1. The lowest BCUT2D eigenvalue weighted by atomic mass is 10.3. The second kappa shape index (κ2) is 5.93. The number of nitrogens with one attached hydrogen (secondary N) is 2. The molecule has 1 fully saturated rings. The molecule has 4 rings (SSSR count). The molecule has 124 valence electrons. The van der Waals surface area contributed by atoms with Crippen molar-refractivity contribution in [3.05, 3.63) is 35.9 Å². The Morgan fingerprint density at radius 1 is 1.38 bits per heavy atom. The molecule has 0 atom stereocenters. The van der Waals surface area contributed by atoms with E-state index < -0.39 is 0 Å². The van der Waals surface area contributed by atoms with E-state index in [4.69, 9.17) is 4.74 Å². The van der Waals surface area contributed by atoms with Gasteiger partial charge in [-0.1, -0.05) is 0 Å². The molecule has 1 aliphatic heterocycles. The summed E-state index contributed by atoms with van der Waals surface area (Å²) >= 11 is 0. The molecule has 24 heavy (non-hydrogen) atoms. The molecule has 0 radical (unpaired) electrons. The molecule has 2 N–H and O–H groups in total. The van der Waals surface area contributed by atoms with Crippen LogP contribution in [0.5, 0.6) is 0 Å². The van der Waals surface area contributed by atoms with Crippen LogP contribution in [-0.2, 0) is 4.74 Å². The van der Waals surface area contributed by atoms with Gasteiger partial charge in [0.15, 0.2) is 11.5 Å². The fourth-order valence-corrected chi connectivity index (χ4v) is 2.69. The third-order valence-electron chi connectivity index (χ3n) is 3.85. The fourth-order valence-electron chi connectivity index (χ4n) is 2.69. The van der Waals surface area contributed by atoms with Gasteiger partial charge in [0.1, 0.15) is 11.3 Å². The van der Waals surface area contributed by atoms with E-state index in [0.29, 0.717) is 37.8 Å². The molecule has 1 amide bonds. The highest BCUT2D eigenvalue weighted by Crippen LogP contribution is 2.21. The molecule has 9 nitrogen and oxygen atoms in total. The summed E-state index contributed by atoms with van der Waals surface area (Å²) in [6, 6.07) is 3.56.